The first kappa shape index (κ1) is 19.0. The van der Waals surface area contributed by atoms with Crippen LogP contribution in [0.3, 0.4) is 0 Å². The van der Waals surface area contributed by atoms with Crippen LogP contribution in [0, 0.1) is 11.7 Å². The fraction of sp³-hybridized carbons (Fsp3) is 0.500. The standard InChI is InChI=1S/C20H21F4N3O/c21-12-8-10-13(11-9-12)27-17-7-3-4-14(17)18(26-27)19(28)25-16-6-2-1-5-15(16)20(22,23)24/h8-11,15-16H,1-7H2,(H,25,28)/t15-,16+/m0/s1. The maximum absolute atomic E-state index is 13.3. The molecule has 1 amide bonds. The molecule has 8 heteroatoms. The van der Waals surface area contributed by atoms with E-state index in [-0.39, 0.29) is 17.9 Å². The molecule has 0 aliphatic heterocycles. The summed E-state index contributed by atoms with van der Waals surface area (Å²) in [6, 6.07) is 4.85. The topological polar surface area (TPSA) is 46.9 Å². The Morgan fingerprint density at radius 2 is 1.79 bits per heavy atom. The van der Waals surface area contributed by atoms with Crippen molar-refractivity contribution in [2.24, 2.45) is 5.92 Å². The van der Waals surface area contributed by atoms with E-state index >= 15 is 0 Å². The van der Waals surface area contributed by atoms with Gasteiger partial charge in [-0.25, -0.2) is 9.07 Å². The number of nitrogens with zero attached hydrogens (tertiary/aromatic N) is 2. The molecular formula is C20H21F4N3O. The third kappa shape index (κ3) is 3.52. The van der Waals surface area contributed by atoms with E-state index in [4.69, 9.17) is 0 Å². The van der Waals surface area contributed by atoms with Gasteiger partial charge in [0.2, 0.25) is 0 Å². The highest BCUT2D eigenvalue weighted by Gasteiger charge is 2.46. The summed E-state index contributed by atoms with van der Waals surface area (Å²) in [7, 11) is 0. The van der Waals surface area contributed by atoms with Gasteiger partial charge < -0.3 is 5.32 Å². The van der Waals surface area contributed by atoms with Gasteiger partial charge in [0.05, 0.1) is 11.6 Å². The van der Waals surface area contributed by atoms with Crippen molar-refractivity contribution >= 4 is 5.91 Å². The van der Waals surface area contributed by atoms with Gasteiger partial charge in [0, 0.05) is 17.3 Å². The Morgan fingerprint density at radius 3 is 2.50 bits per heavy atom. The fourth-order valence-corrected chi connectivity index (χ4v) is 4.35. The molecule has 2 aliphatic carbocycles. The number of fused-ring (bicyclic) bond motifs is 1. The first-order valence-electron chi connectivity index (χ1n) is 9.59. The van der Waals surface area contributed by atoms with E-state index in [1.807, 2.05) is 0 Å². The molecule has 2 aromatic rings. The normalized spacial score (nSPS) is 22.1. The van der Waals surface area contributed by atoms with Crippen molar-refractivity contribution < 1.29 is 22.4 Å². The number of amides is 1. The van der Waals surface area contributed by atoms with Gasteiger partial charge in [0.15, 0.2) is 5.69 Å². The average Bonchev–Trinajstić information content (AvgIpc) is 3.24. The summed E-state index contributed by atoms with van der Waals surface area (Å²) in [5.74, 6) is -2.45. The molecule has 1 heterocycles. The van der Waals surface area contributed by atoms with Crippen molar-refractivity contribution in [3.05, 3.63) is 47.0 Å². The maximum atomic E-state index is 13.3. The van der Waals surface area contributed by atoms with Gasteiger partial charge in [0.25, 0.3) is 5.91 Å². The first-order chi connectivity index (χ1) is 13.3. The number of aromatic nitrogens is 2. The molecule has 0 unspecified atom stereocenters. The lowest BCUT2D eigenvalue weighted by Gasteiger charge is -2.33. The van der Waals surface area contributed by atoms with E-state index in [0.29, 0.717) is 31.4 Å². The van der Waals surface area contributed by atoms with Crippen molar-refractivity contribution in [3.8, 4) is 5.69 Å². The van der Waals surface area contributed by atoms with Crippen LogP contribution in [0.1, 0.15) is 53.8 Å². The highest BCUT2D eigenvalue weighted by Crippen LogP contribution is 2.38. The Balaban J connectivity index is 1.61. The molecule has 0 spiro atoms. The number of carbonyl (C=O) groups excluding carboxylic acids is 1. The molecule has 0 bridgehead atoms. The van der Waals surface area contributed by atoms with Gasteiger partial charge in [-0.3, -0.25) is 4.79 Å². The highest BCUT2D eigenvalue weighted by molar-refractivity contribution is 5.94. The van der Waals surface area contributed by atoms with Crippen LogP contribution in [0.15, 0.2) is 24.3 Å². The Hall–Kier alpha value is -2.38. The van der Waals surface area contributed by atoms with Crippen LogP contribution < -0.4 is 5.32 Å². The van der Waals surface area contributed by atoms with Crippen LogP contribution >= 0.6 is 0 Å². The molecule has 150 valence electrons. The van der Waals surface area contributed by atoms with Gasteiger partial charge in [-0.2, -0.15) is 18.3 Å². The number of hydrogen-bond donors (Lipinski definition) is 1. The fourth-order valence-electron chi connectivity index (χ4n) is 4.35. The molecule has 1 N–H and O–H groups in total. The summed E-state index contributed by atoms with van der Waals surface area (Å²) in [4.78, 5) is 12.8. The Labute approximate surface area is 159 Å². The maximum Gasteiger partial charge on any atom is 0.393 e. The van der Waals surface area contributed by atoms with E-state index in [2.05, 4.69) is 10.4 Å². The van der Waals surface area contributed by atoms with Crippen LogP contribution in [0.4, 0.5) is 17.6 Å². The summed E-state index contributed by atoms with van der Waals surface area (Å²) in [5, 5.41) is 6.99. The second-order valence-electron chi connectivity index (χ2n) is 7.53. The molecule has 28 heavy (non-hydrogen) atoms. The Bertz CT molecular complexity index is 873. The quantitative estimate of drug-likeness (QED) is 0.786. The molecule has 4 nitrogen and oxygen atoms in total. The number of alkyl halides is 3. The smallest absolute Gasteiger partial charge is 0.347 e. The van der Waals surface area contributed by atoms with Crippen LogP contribution in [-0.2, 0) is 12.8 Å². The van der Waals surface area contributed by atoms with Gasteiger partial charge in [0.1, 0.15) is 5.82 Å². The van der Waals surface area contributed by atoms with Crippen molar-refractivity contribution in [2.45, 2.75) is 57.2 Å². The average molecular weight is 395 g/mol. The minimum absolute atomic E-state index is 0.0383. The lowest BCUT2D eigenvalue weighted by molar-refractivity contribution is -0.187. The highest BCUT2D eigenvalue weighted by atomic mass is 19.4. The second kappa shape index (κ2) is 7.22. The van der Waals surface area contributed by atoms with E-state index in [1.165, 1.54) is 12.1 Å². The summed E-state index contributed by atoms with van der Waals surface area (Å²) in [6.07, 6.45) is -0.552. The predicted molar refractivity (Wildman–Crippen MR) is 94.8 cm³/mol. The minimum Gasteiger partial charge on any atom is -0.347 e. The lowest BCUT2D eigenvalue weighted by atomic mass is 9.84. The molecule has 4 rings (SSSR count). The summed E-state index contributed by atoms with van der Waals surface area (Å²) < 4.78 is 54.8. The molecule has 1 fully saturated rings. The lowest BCUT2D eigenvalue weighted by Crippen LogP contribution is -2.47. The molecule has 1 aromatic carbocycles. The number of nitrogens with one attached hydrogen (secondary N) is 1. The predicted octanol–water partition coefficient (Wildman–Crippen LogP) is 4.35. The zero-order valence-corrected chi connectivity index (χ0v) is 15.2. The van der Waals surface area contributed by atoms with Crippen LogP contribution in [0.25, 0.3) is 5.69 Å². The van der Waals surface area contributed by atoms with Crippen LogP contribution in [0.2, 0.25) is 0 Å². The van der Waals surface area contributed by atoms with Crippen molar-refractivity contribution in [2.75, 3.05) is 0 Å². The van der Waals surface area contributed by atoms with Gasteiger partial charge in [-0.15, -0.1) is 0 Å². The third-order valence-electron chi connectivity index (χ3n) is 5.72. The number of benzene rings is 1. The molecule has 2 atom stereocenters. The van der Waals surface area contributed by atoms with Gasteiger partial charge in [-0.1, -0.05) is 12.8 Å². The van der Waals surface area contributed by atoms with Crippen molar-refractivity contribution in [1.29, 1.82) is 0 Å². The van der Waals surface area contributed by atoms with E-state index in [0.717, 1.165) is 24.1 Å². The Morgan fingerprint density at radius 1 is 1.07 bits per heavy atom. The van der Waals surface area contributed by atoms with Crippen LogP contribution in [0.5, 0.6) is 0 Å². The molecule has 1 saturated carbocycles. The number of rotatable bonds is 3. The zero-order chi connectivity index (χ0) is 19.9. The number of carbonyl (C=O) groups is 1. The minimum atomic E-state index is -4.33. The van der Waals surface area contributed by atoms with E-state index < -0.39 is 24.0 Å². The number of halogens is 4. The SMILES string of the molecule is O=C(N[C@@H]1CCCC[C@@H]1C(F)(F)F)c1nn(-c2ccc(F)cc2)c2c1CCC2. The molecule has 0 radical (unpaired) electrons. The number of hydrogen-bond acceptors (Lipinski definition) is 2. The van der Waals surface area contributed by atoms with Gasteiger partial charge >= 0.3 is 6.18 Å². The first-order valence-corrected chi connectivity index (χ1v) is 9.59. The van der Waals surface area contributed by atoms with Gasteiger partial charge in [-0.05, 0) is 56.4 Å². The molecular weight excluding hydrogens is 374 g/mol. The molecule has 2 aliphatic rings. The summed E-state index contributed by atoms with van der Waals surface area (Å²) >= 11 is 0. The van der Waals surface area contributed by atoms with E-state index in [1.54, 1.807) is 16.8 Å². The van der Waals surface area contributed by atoms with Crippen molar-refractivity contribution in [3.63, 3.8) is 0 Å². The largest absolute Gasteiger partial charge is 0.393 e. The van der Waals surface area contributed by atoms with Crippen molar-refractivity contribution in [1.82, 2.24) is 15.1 Å². The zero-order valence-electron chi connectivity index (χ0n) is 15.2. The molecule has 1 aromatic heterocycles. The monoisotopic (exact) mass is 395 g/mol. The van der Waals surface area contributed by atoms with Crippen LogP contribution in [-0.4, -0.2) is 27.9 Å². The summed E-state index contributed by atoms with van der Waals surface area (Å²) in [6.45, 7) is 0. The summed E-state index contributed by atoms with van der Waals surface area (Å²) in [5.41, 5.74) is 2.46. The molecule has 0 saturated heterocycles. The Kier molecular flexibility index (Phi) is 4.89. The third-order valence-corrected chi connectivity index (χ3v) is 5.72. The second-order valence-corrected chi connectivity index (χ2v) is 7.53. The van der Waals surface area contributed by atoms with E-state index in [9.17, 15) is 22.4 Å².